The van der Waals surface area contributed by atoms with Crippen LogP contribution >= 0.6 is 0 Å². The average Bonchev–Trinajstić information content (AvgIpc) is 2.42. The van der Waals surface area contributed by atoms with Gasteiger partial charge in [0, 0.05) is 25.5 Å². The van der Waals surface area contributed by atoms with Crippen LogP contribution in [0.3, 0.4) is 0 Å². The van der Waals surface area contributed by atoms with Crippen molar-refractivity contribution in [3.05, 3.63) is 37.2 Å². The van der Waals surface area contributed by atoms with Crippen LogP contribution < -0.4 is 5.73 Å². The quantitative estimate of drug-likeness (QED) is 0.642. The first-order valence-corrected chi connectivity index (χ1v) is 3.73. The second-order valence-electron chi connectivity index (χ2n) is 2.12. The Morgan fingerprint density at radius 2 is 1.91 bits per heavy atom. The van der Waals surface area contributed by atoms with E-state index in [1.165, 1.54) is 0 Å². The summed E-state index contributed by atoms with van der Waals surface area (Å²) in [6, 6.07) is 3.99. The molecule has 0 atom stereocenters. The molecule has 2 heteroatoms. The molecule has 1 heterocycles. The SMILES string of the molecule is C=CC.NCCn1cccc1. The molecule has 0 aromatic carbocycles. The van der Waals surface area contributed by atoms with Gasteiger partial charge >= 0.3 is 0 Å². The summed E-state index contributed by atoms with van der Waals surface area (Å²) < 4.78 is 2.06. The van der Waals surface area contributed by atoms with Gasteiger partial charge < -0.3 is 10.3 Å². The summed E-state index contributed by atoms with van der Waals surface area (Å²) >= 11 is 0. The number of aromatic nitrogens is 1. The van der Waals surface area contributed by atoms with Crippen LogP contribution in [-0.4, -0.2) is 11.1 Å². The zero-order valence-corrected chi connectivity index (χ0v) is 7.03. The lowest BCUT2D eigenvalue weighted by Gasteiger charge is -1.95. The predicted molar refractivity (Wildman–Crippen MR) is 49.4 cm³/mol. The van der Waals surface area contributed by atoms with Crippen LogP contribution in [0, 0.1) is 0 Å². The molecule has 62 valence electrons. The van der Waals surface area contributed by atoms with E-state index in [1.54, 1.807) is 6.08 Å². The van der Waals surface area contributed by atoms with Gasteiger partial charge in [0.1, 0.15) is 0 Å². The summed E-state index contributed by atoms with van der Waals surface area (Å²) in [5.74, 6) is 0. The Hall–Kier alpha value is -1.02. The summed E-state index contributed by atoms with van der Waals surface area (Å²) in [4.78, 5) is 0. The van der Waals surface area contributed by atoms with Crippen LogP contribution in [0.5, 0.6) is 0 Å². The highest BCUT2D eigenvalue weighted by Crippen LogP contribution is 1.86. The third-order valence-electron chi connectivity index (χ3n) is 1.05. The zero-order valence-electron chi connectivity index (χ0n) is 7.03. The van der Waals surface area contributed by atoms with Gasteiger partial charge in [-0.3, -0.25) is 0 Å². The first-order chi connectivity index (χ1) is 5.35. The van der Waals surface area contributed by atoms with Crippen LogP contribution in [0.4, 0.5) is 0 Å². The molecule has 0 radical (unpaired) electrons. The van der Waals surface area contributed by atoms with Gasteiger partial charge in [-0.2, -0.15) is 0 Å². The molecule has 1 aromatic heterocycles. The Labute approximate surface area is 68.3 Å². The van der Waals surface area contributed by atoms with Crippen molar-refractivity contribution in [1.29, 1.82) is 0 Å². The molecule has 1 aromatic rings. The Bertz CT molecular complexity index is 166. The maximum Gasteiger partial charge on any atom is 0.0342 e. The lowest BCUT2D eigenvalue weighted by molar-refractivity contribution is 0.713. The third-order valence-corrected chi connectivity index (χ3v) is 1.05. The van der Waals surface area contributed by atoms with Crippen molar-refractivity contribution >= 4 is 0 Å². The Kier molecular flexibility index (Phi) is 6.43. The van der Waals surface area contributed by atoms with E-state index < -0.39 is 0 Å². The molecule has 2 N–H and O–H groups in total. The molecule has 0 aliphatic carbocycles. The third kappa shape index (κ3) is 5.43. The monoisotopic (exact) mass is 152 g/mol. The van der Waals surface area contributed by atoms with E-state index in [0.29, 0.717) is 6.54 Å². The molecular weight excluding hydrogens is 136 g/mol. The molecular formula is C9H16N2. The number of nitrogens with zero attached hydrogens (tertiary/aromatic N) is 1. The van der Waals surface area contributed by atoms with Crippen molar-refractivity contribution in [2.45, 2.75) is 13.5 Å². The van der Waals surface area contributed by atoms with E-state index >= 15 is 0 Å². The van der Waals surface area contributed by atoms with Crippen molar-refractivity contribution < 1.29 is 0 Å². The molecule has 0 aliphatic rings. The van der Waals surface area contributed by atoms with E-state index in [1.807, 2.05) is 31.5 Å². The largest absolute Gasteiger partial charge is 0.353 e. The summed E-state index contributed by atoms with van der Waals surface area (Å²) in [5.41, 5.74) is 5.30. The van der Waals surface area contributed by atoms with Gasteiger partial charge in [-0.25, -0.2) is 0 Å². The molecule has 0 fully saturated rings. The number of nitrogens with two attached hydrogens (primary N) is 1. The number of allylic oxidation sites excluding steroid dienone is 1. The highest BCUT2D eigenvalue weighted by molar-refractivity contribution is 4.89. The van der Waals surface area contributed by atoms with E-state index in [2.05, 4.69) is 11.1 Å². The van der Waals surface area contributed by atoms with E-state index in [9.17, 15) is 0 Å². The van der Waals surface area contributed by atoms with Crippen LogP contribution in [0.15, 0.2) is 37.2 Å². The summed E-state index contributed by atoms with van der Waals surface area (Å²) in [7, 11) is 0. The summed E-state index contributed by atoms with van der Waals surface area (Å²) in [6.07, 6.45) is 5.76. The topological polar surface area (TPSA) is 30.9 Å². The molecule has 1 rings (SSSR count). The van der Waals surface area contributed by atoms with Crippen molar-refractivity contribution in [3.63, 3.8) is 0 Å². The van der Waals surface area contributed by atoms with Crippen molar-refractivity contribution in [2.24, 2.45) is 5.73 Å². The first kappa shape index (κ1) is 9.98. The lowest BCUT2D eigenvalue weighted by Crippen LogP contribution is -2.07. The molecule has 2 nitrogen and oxygen atoms in total. The molecule has 0 saturated heterocycles. The molecule has 0 unspecified atom stereocenters. The van der Waals surface area contributed by atoms with E-state index in [4.69, 9.17) is 5.73 Å². The van der Waals surface area contributed by atoms with E-state index in [0.717, 1.165) is 6.54 Å². The second-order valence-corrected chi connectivity index (χ2v) is 2.12. The minimum absolute atomic E-state index is 0.717. The maximum atomic E-state index is 5.30. The minimum Gasteiger partial charge on any atom is -0.353 e. The molecule has 0 spiro atoms. The summed E-state index contributed by atoms with van der Waals surface area (Å²) in [6.45, 7) is 6.89. The van der Waals surface area contributed by atoms with Crippen molar-refractivity contribution in [2.75, 3.05) is 6.54 Å². The van der Waals surface area contributed by atoms with Gasteiger partial charge in [0.2, 0.25) is 0 Å². The Balaban J connectivity index is 0.000000292. The fraction of sp³-hybridized carbons (Fsp3) is 0.333. The van der Waals surface area contributed by atoms with Gasteiger partial charge in [0.15, 0.2) is 0 Å². The van der Waals surface area contributed by atoms with Crippen LogP contribution in [0.2, 0.25) is 0 Å². The molecule has 0 amide bonds. The highest BCUT2D eigenvalue weighted by Gasteiger charge is 1.80. The molecule has 0 aliphatic heterocycles. The zero-order chi connectivity index (χ0) is 8.53. The van der Waals surface area contributed by atoms with Gasteiger partial charge in [-0.15, -0.1) is 6.58 Å². The van der Waals surface area contributed by atoms with Crippen molar-refractivity contribution in [1.82, 2.24) is 4.57 Å². The molecule has 11 heavy (non-hydrogen) atoms. The predicted octanol–water partition coefficient (Wildman–Crippen LogP) is 1.64. The van der Waals surface area contributed by atoms with Crippen molar-refractivity contribution in [3.8, 4) is 0 Å². The summed E-state index contributed by atoms with van der Waals surface area (Å²) in [5, 5.41) is 0. The first-order valence-electron chi connectivity index (χ1n) is 3.73. The molecule has 0 bridgehead atoms. The van der Waals surface area contributed by atoms with Gasteiger partial charge in [-0.1, -0.05) is 6.08 Å². The van der Waals surface area contributed by atoms with E-state index in [-0.39, 0.29) is 0 Å². The lowest BCUT2D eigenvalue weighted by atomic mass is 10.6. The van der Waals surface area contributed by atoms with Gasteiger partial charge in [0.25, 0.3) is 0 Å². The fourth-order valence-corrected chi connectivity index (χ4v) is 0.668. The standard InChI is InChI=1S/C6H10N2.C3H6/c7-3-6-8-4-1-2-5-8;1-3-2/h1-2,4-5H,3,6-7H2;3H,1H2,2H3. The van der Waals surface area contributed by atoms with Crippen LogP contribution in [0.1, 0.15) is 6.92 Å². The Morgan fingerprint density at radius 1 is 1.45 bits per heavy atom. The maximum absolute atomic E-state index is 5.30. The number of rotatable bonds is 2. The molecule has 0 saturated carbocycles. The van der Waals surface area contributed by atoms with Crippen LogP contribution in [0.25, 0.3) is 0 Å². The highest BCUT2D eigenvalue weighted by atomic mass is 14.9. The minimum atomic E-state index is 0.717. The average molecular weight is 152 g/mol. The fourth-order valence-electron chi connectivity index (χ4n) is 0.668. The Morgan fingerprint density at radius 3 is 2.27 bits per heavy atom. The number of hydrogen-bond acceptors (Lipinski definition) is 1. The smallest absolute Gasteiger partial charge is 0.0342 e. The van der Waals surface area contributed by atoms with Crippen LogP contribution in [-0.2, 0) is 6.54 Å². The number of hydrogen-bond donors (Lipinski definition) is 1. The van der Waals surface area contributed by atoms with Gasteiger partial charge in [0.05, 0.1) is 0 Å². The second kappa shape index (κ2) is 7.09. The normalized spacial score (nSPS) is 8.18. The van der Waals surface area contributed by atoms with Gasteiger partial charge in [-0.05, 0) is 19.1 Å².